The van der Waals surface area contributed by atoms with Gasteiger partial charge in [-0.05, 0) is 72.6 Å². The lowest BCUT2D eigenvalue weighted by molar-refractivity contribution is -0.155. The molecule has 4 aromatic rings. The van der Waals surface area contributed by atoms with Crippen LogP contribution in [-0.4, -0.2) is 36.7 Å². The molecule has 3 heterocycles. The summed E-state index contributed by atoms with van der Waals surface area (Å²) in [6.07, 6.45) is 3.80. The maximum absolute atomic E-state index is 13.5. The molecular weight excluding hydrogens is 568 g/mol. The zero-order valence-corrected chi connectivity index (χ0v) is 22.6. The van der Waals surface area contributed by atoms with Crippen LogP contribution in [-0.2, 0) is 19.7 Å². The molecule has 3 aliphatic carbocycles. The summed E-state index contributed by atoms with van der Waals surface area (Å²) in [4.78, 5) is 52.1. The minimum Gasteiger partial charge on any atom is -0.447 e. The third-order valence-corrected chi connectivity index (χ3v) is 10.2. The second-order valence-electron chi connectivity index (χ2n) is 11.6. The van der Waals surface area contributed by atoms with Gasteiger partial charge in [0, 0.05) is 11.8 Å². The summed E-state index contributed by atoms with van der Waals surface area (Å²) in [5.41, 5.74) is -0.470. The maximum atomic E-state index is 13.5. The summed E-state index contributed by atoms with van der Waals surface area (Å²) in [5.74, 6) is -2.48. The van der Waals surface area contributed by atoms with Crippen molar-refractivity contribution in [3.05, 3.63) is 47.5 Å². The monoisotopic (exact) mass is 590 g/mol. The maximum Gasteiger partial charge on any atom is 0.348 e. The number of Topliss-reactive ketones (excluding diaryl/α,β-unsaturated/α-hetero) is 1. The average molecular weight is 591 g/mol. The Hall–Kier alpha value is -4.29. The molecule has 3 saturated carbocycles. The summed E-state index contributed by atoms with van der Waals surface area (Å²) in [7, 11) is -4.39. The predicted molar refractivity (Wildman–Crippen MR) is 142 cm³/mol. The lowest BCUT2D eigenvalue weighted by atomic mass is 9.53. The Bertz CT molecular complexity index is 1990. The molecule has 0 spiro atoms. The minimum atomic E-state index is -4.39. The van der Waals surface area contributed by atoms with E-state index in [1.165, 1.54) is 36.4 Å². The second kappa shape index (κ2) is 8.62. The van der Waals surface area contributed by atoms with E-state index in [4.69, 9.17) is 18.6 Å². The molecule has 3 fully saturated rings. The van der Waals surface area contributed by atoms with Gasteiger partial charge in [-0.25, -0.2) is 9.59 Å². The molecule has 2 aromatic heterocycles. The van der Waals surface area contributed by atoms with E-state index in [0.29, 0.717) is 23.1 Å². The van der Waals surface area contributed by atoms with Gasteiger partial charge in [-0.2, -0.15) is 8.42 Å². The molecule has 4 aliphatic rings. The van der Waals surface area contributed by atoms with Crippen molar-refractivity contribution < 1.29 is 50.8 Å². The van der Waals surface area contributed by atoms with Gasteiger partial charge in [0.05, 0.1) is 10.8 Å². The van der Waals surface area contributed by atoms with Crippen LogP contribution in [0.3, 0.4) is 0 Å². The van der Waals surface area contributed by atoms with Gasteiger partial charge < -0.3 is 18.6 Å². The normalized spacial score (nSPS) is 26.2. The topological polar surface area (TPSA) is 163 Å². The first kappa shape index (κ1) is 25.4. The highest BCUT2D eigenvalue weighted by molar-refractivity contribution is 7.85. The molecule has 42 heavy (non-hydrogen) atoms. The number of furan rings is 2. The van der Waals surface area contributed by atoms with Crippen LogP contribution in [0.15, 0.2) is 45.7 Å². The second-order valence-corrected chi connectivity index (χ2v) is 13.1. The number of ether oxygens (including phenoxy) is 3. The Morgan fingerprint density at radius 2 is 1.71 bits per heavy atom. The summed E-state index contributed by atoms with van der Waals surface area (Å²) in [5, 5.41) is 1.00. The number of hydrogen-bond acceptors (Lipinski definition) is 10. The van der Waals surface area contributed by atoms with Crippen molar-refractivity contribution >= 4 is 55.7 Å². The number of fused-ring (bicyclic) bond motifs is 4. The smallest absolute Gasteiger partial charge is 0.348 e. The fourth-order valence-electron chi connectivity index (χ4n) is 7.53. The first-order valence-corrected chi connectivity index (χ1v) is 15.1. The predicted octanol–water partition coefficient (Wildman–Crippen LogP) is 4.57. The Labute approximate surface area is 237 Å². The molecular formula is C30H22O11S. The number of carbonyl (C=O) groups is 4. The standard InChI is InChI=1S/C30H22O11S/c31-23-15-7-12-1-6-18(19(23)8-12)20(11-15)28(32)40-26-24-21(22-25(39-24)27(26)41-30(22)34)29(33)38-16-4-2-14-10-17(42(35,36)37)5-3-13(14)9-16/h2-5,9-10,12,15,18-20H,1,6-8,11H2,(H,35,36,37). The van der Waals surface area contributed by atoms with Crippen molar-refractivity contribution in [2.24, 2.45) is 29.6 Å². The fourth-order valence-corrected chi connectivity index (χ4v) is 8.04. The van der Waals surface area contributed by atoms with Gasteiger partial charge in [0.15, 0.2) is 11.2 Å². The summed E-state index contributed by atoms with van der Waals surface area (Å²) in [6.45, 7) is 0. The summed E-state index contributed by atoms with van der Waals surface area (Å²) in [6, 6.07) is 8.37. The van der Waals surface area contributed by atoms with Crippen molar-refractivity contribution in [3.63, 3.8) is 0 Å². The summed E-state index contributed by atoms with van der Waals surface area (Å²) >= 11 is 0. The number of rotatable bonds is 5. The van der Waals surface area contributed by atoms with Crippen molar-refractivity contribution in [1.82, 2.24) is 0 Å². The summed E-state index contributed by atoms with van der Waals surface area (Å²) < 4.78 is 54.5. The molecule has 5 bridgehead atoms. The highest BCUT2D eigenvalue weighted by Gasteiger charge is 2.54. The molecule has 1 N–H and O–H groups in total. The fraction of sp³-hybridized carbons (Fsp3) is 0.333. The molecule has 5 unspecified atom stereocenters. The number of benzene rings is 3. The van der Waals surface area contributed by atoms with Crippen LogP contribution in [0.25, 0.3) is 21.9 Å². The lowest BCUT2D eigenvalue weighted by Crippen LogP contribution is -2.51. The molecule has 5 atom stereocenters. The number of carbonyl (C=O) groups excluding carboxylic acids is 4. The van der Waals surface area contributed by atoms with E-state index in [1.807, 2.05) is 0 Å². The van der Waals surface area contributed by atoms with Crippen molar-refractivity contribution in [3.8, 4) is 17.2 Å². The van der Waals surface area contributed by atoms with Crippen LogP contribution < -0.4 is 14.2 Å². The van der Waals surface area contributed by atoms with E-state index in [9.17, 15) is 32.1 Å². The highest BCUT2D eigenvalue weighted by Crippen LogP contribution is 2.55. The first-order valence-electron chi connectivity index (χ1n) is 13.7. The molecule has 8 rings (SSSR count). The molecule has 2 aromatic carbocycles. The van der Waals surface area contributed by atoms with E-state index in [0.717, 1.165) is 25.7 Å². The molecule has 1 aliphatic heterocycles. The van der Waals surface area contributed by atoms with Crippen LogP contribution in [0.1, 0.15) is 52.8 Å². The Morgan fingerprint density at radius 3 is 2.52 bits per heavy atom. The largest absolute Gasteiger partial charge is 0.447 e. The minimum absolute atomic E-state index is 0.00259. The molecule has 12 heteroatoms. The van der Waals surface area contributed by atoms with Gasteiger partial charge >= 0.3 is 17.9 Å². The van der Waals surface area contributed by atoms with Crippen LogP contribution in [0.4, 0.5) is 0 Å². The van der Waals surface area contributed by atoms with Gasteiger partial charge in [0.25, 0.3) is 10.1 Å². The number of esters is 3. The average Bonchev–Trinajstić information content (AvgIpc) is 3.56. The van der Waals surface area contributed by atoms with Gasteiger partial charge in [-0.1, -0.05) is 18.6 Å². The quantitative estimate of drug-likeness (QED) is 0.197. The van der Waals surface area contributed by atoms with Gasteiger partial charge in [-0.3, -0.25) is 14.1 Å². The molecule has 214 valence electrons. The third-order valence-electron chi connectivity index (χ3n) is 9.38. The van der Waals surface area contributed by atoms with E-state index < -0.39 is 33.9 Å². The zero-order chi connectivity index (χ0) is 29.1. The Kier molecular flexibility index (Phi) is 5.22. The Morgan fingerprint density at radius 1 is 0.929 bits per heavy atom. The van der Waals surface area contributed by atoms with E-state index in [2.05, 4.69) is 0 Å². The van der Waals surface area contributed by atoms with Gasteiger partial charge in [0.2, 0.25) is 11.5 Å². The van der Waals surface area contributed by atoms with Crippen LogP contribution >= 0.6 is 0 Å². The van der Waals surface area contributed by atoms with Gasteiger partial charge in [0.1, 0.15) is 22.7 Å². The molecule has 0 saturated heterocycles. The van der Waals surface area contributed by atoms with E-state index in [-0.39, 0.29) is 68.0 Å². The Balaban J connectivity index is 1.08. The van der Waals surface area contributed by atoms with Gasteiger partial charge in [-0.15, -0.1) is 0 Å². The van der Waals surface area contributed by atoms with Crippen molar-refractivity contribution in [1.29, 1.82) is 0 Å². The third kappa shape index (κ3) is 3.64. The molecule has 0 amide bonds. The van der Waals surface area contributed by atoms with Crippen LogP contribution in [0.5, 0.6) is 17.2 Å². The van der Waals surface area contributed by atoms with Crippen molar-refractivity contribution in [2.75, 3.05) is 0 Å². The van der Waals surface area contributed by atoms with Crippen LogP contribution in [0, 0.1) is 29.6 Å². The number of ketones is 1. The number of hydrogen-bond donors (Lipinski definition) is 1. The lowest BCUT2D eigenvalue weighted by Gasteiger charge is -2.49. The SMILES string of the molecule is O=C1Oc2c(OC(=O)C3CC4CC5CCC3C(C5)C4=O)c3oc2c1c3C(=O)Oc1ccc2cc(S(=O)(=O)O)ccc2c1. The van der Waals surface area contributed by atoms with E-state index in [1.54, 1.807) is 0 Å². The zero-order valence-electron chi connectivity index (χ0n) is 21.8. The molecule has 11 nitrogen and oxygen atoms in total. The van der Waals surface area contributed by atoms with E-state index >= 15 is 0 Å². The van der Waals surface area contributed by atoms with Crippen molar-refractivity contribution in [2.45, 2.75) is 37.0 Å². The van der Waals surface area contributed by atoms with Crippen LogP contribution in [0.2, 0.25) is 0 Å². The highest BCUT2D eigenvalue weighted by atomic mass is 32.2. The first-order chi connectivity index (χ1) is 20.1. The molecule has 0 radical (unpaired) electrons.